The van der Waals surface area contributed by atoms with Crippen LogP contribution in [0.5, 0.6) is 0 Å². The molecule has 0 atom stereocenters. The SMILES string of the molecule is C[Si](C)(C)N(C(=O)c1c(F)cccc1F)c1cccc([N+](=O)[O-])c1. The maximum atomic E-state index is 14.0. The molecule has 0 heterocycles. The van der Waals surface area contributed by atoms with E-state index in [0.717, 1.165) is 12.1 Å². The van der Waals surface area contributed by atoms with Crippen molar-refractivity contribution < 1.29 is 18.5 Å². The zero-order valence-electron chi connectivity index (χ0n) is 13.4. The lowest BCUT2D eigenvalue weighted by Gasteiger charge is -2.34. The Balaban J connectivity index is 2.61. The molecule has 0 fully saturated rings. The molecular formula is C16H16F2N2O3Si. The first-order valence-electron chi connectivity index (χ1n) is 7.16. The standard InChI is InChI=1S/C16H16F2N2O3Si/c1-24(2,3)19(11-6-4-7-12(10-11)20(22)23)16(21)15-13(17)8-5-9-14(15)18/h4-10H,1-3H3. The second-order valence-corrected chi connectivity index (χ2v) is 11.0. The number of non-ortho nitro benzene ring substituents is 1. The number of halogens is 2. The van der Waals surface area contributed by atoms with Crippen LogP contribution in [0, 0.1) is 21.7 Å². The van der Waals surface area contributed by atoms with Crippen molar-refractivity contribution in [1.29, 1.82) is 0 Å². The molecule has 0 saturated heterocycles. The van der Waals surface area contributed by atoms with Gasteiger partial charge < -0.3 is 4.57 Å². The summed E-state index contributed by atoms with van der Waals surface area (Å²) in [6, 6.07) is 8.66. The van der Waals surface area contributed by atoms with Crippen LogP contribution < -0.4 is 4.57 Å². The highest BCUT2D eigenvalue weighted by Crippen LogP contribution is 2.28. The summed E-state index contributed by atoms with van der Waals surface area (Å²) in [5.74, 6) is -2.77. The summed E-state index contributed by atoms with van der Waals surface area (Å²) in [7, 11) is -2.45. The van der Waals surface area contributed by atoms with Gasteiger partial charge in [0.25, 0.3) is 11.6 Å². The monoisotopic (exact) mass is 350 g/mol. The summed E-state index contributed by atoms with van der Waals surface area (Å²) in [4.78, 5) is 23.2. The highest BCUT2D eigenvalue weighted by molar-refractivity contribution is 6.83. The van der Waals surface area contributed by atoms with Gasteiger partial charge in [0.15, 0.2) is 8.24 Å². The molecule has 2 aromatic rings. The number of anilines is 1. The van der Waals surface area contributed by atoms with Gasteiger partial charge in [-0.2, -0.15) is 0 Å². The van der Waals surface area contributed by atoms with Crippen molar-refractivity contribution in [2.45, 2.75) is 19.6 Å². The van der Waals surface area contributed by atoms with Gasteiger partial charge in [-0.05, 0) is 18.2 Å². The van der Waals surface area contributed by atoms with Crippen LogP contribution in [-0.4, -0.2) is 19.1 Å². The Morgan fingerprint density at radius 3 is 2.12 bits per heavy atom. The lowest BCUT2D eigenvalue weighted by Crippen LogP contribution is -2.50. The van der Waals surface area contributed by atoms with Gasteiger partial charge in [0.05, 0.1) is 4.92 Å². The Labute approximate surface area is 138 Å². The van der Waals surface area contributed by atoms with Gasteiger partial charge in [0, 0.05) is 17.8 Å². The molecule has 2 aromatic carbocycles. The third-order valence-electron chi connectivity index (χ3n) is 3.35. The van der Waals surface area contributed by atoms with Crippen LogP contribution in [0.15, 0.2) is 42.5 Å². The molecule has 24 heavy (non-hydrogen) atoms. The minimum absolute atomic E-state index is 0.197. The molecule has 0 radical (unpaired) electrons. The second kappa shape index (κ2) is 6.48. The molecule has 0 bridgehead atoms. The molecule has 0 saturated carbocycles. The zero-order valence-corrected chi connectivity index (χ0v) is 14.4. The fourth-order valence-corrected chi connectivity index (χ4v) is 4.00. The molecule has 0 unspecified atom stereocenters. The molecule has 2 rings (SSSR count). The second-order valence-electron chi connectivity index (χ2n) is 6.19. The third kappa shape index (κ3) is 3.48. The number of benzene rings is 2. The summed E-state index contributed by atoms with van der Waals surface area (Å²) < 4.78 is 29.3. The van der Waals surface area contributed by atoms with Gasteiger partial charge in [0.1, 0.15) is 17.2 Å². The van der Waals surface area contributed by atoms with Gasteiger partial charge >= 0.3 is 0 Å². The summed E-state index contributed by atoms with van der Waals surface area (Å²) in [6.07, 6.45) is 0. The zero-order chi connectivity index (χ0) is 18.1. The summed E-state index contributed by atoms with van der Waals surface area (Å²) in [6.45, 7) is 5.42. The van der Waals surface area contributed by atoms with Crippen molar-refractivity contribution in [3.8, 4) is 0 Å². The van der Waals surface area contributed by atoms with Crippen molar-refractivity contribution >= 4 is 25.5 Å². The molecule has 8 heteroatoms. The number of nitro groups is 1. The smallest absolute Gasteiger partial charge is 0.271 e. The van der Waals surface area contributed by atoms with Crippen LogP contribution in [-0.2, 0) is 0 Å². The van der Waals surface area contributed by atoms with E-state index in [0.29, 0.717) is 0 Å². The normalized spacial score (nSPS) is 11.2. The van der Waals surface area contributed by atoms with Crippen LogP contribution >= 0.6 is 0 Å². The minimum Gasteiger partial charge on any atom is -0.336 e. The van der Waals surface area contributed by atoms with Crippen LogP contribution in [0.4, 0.5) is 20.2 Å². The fourth-order valence-electron chi connectivity index (χ4n) is 2.37. The molecule has 1 amide bonds. The van der Waals surface area contributed by atoms with Crippen LogP contribution in [0.3, 0.4) is 0 Å². The highest BCUT2D eigenvalue weighted by Gasteiger charge is 2.34. The lowest BCUT2D eigenvalue weighted by molar-refractivity contribution is -0.384. The van der Waals surface area contributed by atoms with Gasteiger partial charge in [-0.25, -0.2) is 8.78 Å². The first kappa shape index (κ1) is 17.7. The number of rotatable bonds is 4. The van der Waals surface area contributed by atoms with Crippen LogP contribution in [0.25, 0.3) is 0 Å². The van der Waals surface area contributed by atoms with Crippen molar-refractivity contribution in [3.05, 3.63) is 69.8 Å². The molecule has 0 aliphatic carbocycles. The quantitative estimate of drug-likeness (QED) is 0.468. The largest absolute Gasteiger partial charge is 0.336 e. The predicted octanol–water partition coefficient (Wildman–Crippen LogP) is 4.35. The van der Waals surface area contributed by atoms with Gasteiger partial charge in [-0.15, -0.1) is 0 Å². The average Bonchev–Trinajstić information content (AvgIpc) is 2.46. The number of nitrogens with zero attached hydrogens (tertiary/aromatic N) is 2. The average molecular weight is 350 g/mol. The Bertz CT molecular complexity index is 786. The topological polar surface area (TPSA) is 63.5 Å². The minimum atomic E-state index is -2.45. The number of nitro benzene ring substituents is 1. The number of hydrogen-bond acceptors (Lipinski definition) is 3. The van der Waals surface area contributed by atoms with E-state index in [4.69, 9.17) is 0 Å². The number of amides is 1. The maximum absolute atomic E-state index is 14.0. The molecule has 0 aromatic heterocycles. The van der Waals surface area contributed by atoms with E-state index in [1.165, 1.54) is 34.9 Å². The van der Waals surface area contributed by atoms with E-state index < -0.39 is 36.3 Å². The van der Waals surface area contributed by atoms with E-state index in [1.807, 2.05) is 19.6 Å². The summed E-state index contributed by atoms with van der Waals surface area (Å²) >= 11 is 0. The highest BCUT2D eigenvalue weighted by atomic mass is 28.3. The van der Waals surface area contributed by atoms with E-state index in [1.54, 1.807) is 0 Å². The first-order valence-corrected chi connectivity index (χ1v) is 10.6. The first-order chi connectivity index (χ1) is 11.1. The Kier molecular flexibility index (Phi) is 4.79. The molecule has 5 nitrogen and oxygen atoms in total. The Hall–Kier alpha value is -2.61. The number of carbonyl (C=O) groups excluding carboxylic acids is 1. The lowest BCUT2D eigenvalue weighted by atomic mass is 10.1. The van der Waals surface area contributed by atoms with E-state index in [9.17, 15) is 23.7 Å². The Morgan fingerprint density at radius 2 is 1.62 bits per heavy atom. The molecular weight excluding hydrogens is 334 g/mol. The molecule has 126 valence electrons. The molecule has 0 spiro atoms. The third-order valence-corrected chi connectivity index (χ3v) is 5.15. The van der Waals surface area contributed by atoms with Crippen molar-refractivity contribution in [2.24, 2.45) is 0 Å². The number of carbonyl (C=O) groups is 1. The van der Waals surface area contributed by atoms with Crippen LogP contribution in [0.1, 0.15) is 10.4 Å². The summed E-state index contributed by atoms with van der Waals surface area (Å²) in [5, 5.41) is 11.0. The van der Waals surface area contributed by atoms with E-state index in [2.05, 4.69) is 0 Å². The van der Waals surface area contributed by atoms with Crippen molar-refractivity contribution in [3.63, 3.8) is 0 Å². The van der Waals surface area contributed by atoms with Crippen LogP contribution in [0.2, 0.25) is 19.6 Å². The van der Waals surface area contributed by atoms with Gasteiger partial charge in [-0.3, -0.25) is 14.9 Å². The van der Waals surface area contributed by atoms with E-state index >= 15 is 0 Å². The summed E-state index contributed by atoms with van der Waals surface area (Å²) in [5.41, 5.74) is -0.611. The number of hydrogen-bond donors (Lipinski definition) is 0. The Morgan fingerprint density at radius 1 is 1.08 bits per heavy atom. The maximum Gasteiger partial charge on any atom is 0.271 e. The van der Waals surface area contributed by atoms with Crippen molar-refractivity contribution in [1.82, 2.24) is 0 Å². The molecule has 0 aliphatic heterocycles. The van der Waals surface area contributed by atoms with Gasteiger partial charge in [0.2, 0.25) is 0 Å². The predicted molar refractivity (Wildman–Crippen MR) is 89.6 cm³/mol. The fraction of sp³-hybridized carbons (Fsp3) is 0.188. The van der Waals surface area contributed by atoms with Gasteiger partial charge in [-0.1, -0.05) is 31.8 Å². The van der Waals surface area contributed by atoms with E-state index in [-0.39, 0.29) is 11.4 Å². The molecule has 0 N–H and O–H groups in total. The molecule has 0 aliphatic rings. The van der Waals surface area contributed by atoms with Crippen molar-refractivity contribution in [2.75, 3.05) is 4.57 Å².